The van der Waals surface area contributed by atoms with Crippen molar-refractivity contribution in [3.63, 3.8) is 0 Å². The van der Waals surface area contributed by atoms with Crippen molar-refractivity contribution in [2.75, 3.05) is 7.05 Å². The normalized spacial score (nSPS) is 18.3. The molecule has 0 unspecified atom stereocenters. The van der Waals surface area contributed by atoms with Crippen molar-refractivity contribution in [1.29, 1.82) is 5.26 Å². The van der Waals surface area contributed by atoms with Crippen LogP contribution in [0.5, 0.6) is 0 Å². The van der Waals surface area contributed by atoms with Crippen LogP contribution in [0.15, 0.2) is 16.5 Å². The van der Waals surface area contributed by atoms with E-state index in [0.29, 0.717) is 44.2 Å². The molecule has 27 heavy (non-hydrogen) atoms. The maximum atomic E-state index is 12.5. The molecular formula is C21H28N4O2. The third-order valence-corrected chi connectivity index (χ3v) is 5.53. The predicted octanol–water partition coefficient (Wildman–Crippen LogP) is 3.72. The molecule has 2 atom stereocenters. The van der Waals surface area contributed by atoms with Gasteiger partial charge in [0.2, 0.25) is 5.91 Å². The zero-order valence-electron chi connectivity index (χ0n) is 16.7. The van der Waals surface area contributed by atoms with Crippen LogP contribution in [0, 0.1) is 31.1 Å². The van der Waals surface area contributed by atoms with Crippen molar-refractivity contribution in [3.05, 3.63) is 40.6 Å². The maximum absolute atomic E-state index is 12.5. The highest BCUT2D eigenvalue weighted by molar-refractivity contribution is 5.76. The van der Waals surface area contributed by atoms with Gasteiger partial charge in [0.1, 0.15) is 11.5 Å². The smallest absolute Gasteiger partial charge is 0.223 e. The van der Waals surface area contributed by atoms with Gasteiger partial charge in [-0.2, -0.15) is 10.4 Å². The Morgan fingerprint density at radius 1 is 1.44 bits per heavy atom. The van der Waals surface area contributed by atoms with Gasteiger partial charge < -0.3 is 9.32 Å². The molecule has 0 aliphatic heterocycles. The van der Waals surface area contributed by atoms with Crippen molar-refractivity contribution in [1.82, 2.24) is 14.7 Å². The van der Waals surface area contributed by atoms with E-state index in [1.165, 1.54) is 6.42 Å². The molecular weight excluding hydrogens is 340 g/mol. The Labute approximate surface area is 160 Å². The molecule has 2 aromatic heterocycles. The number of rotatable bonds is 8. The lowest BCUT2D eigenvalue weighted by Crippen LogP contribution is -2.26. The van der Waals surface area contributed by atoms with E-state index in [1.807, 2.05) is 37.7 Å². The van der Waals surface area contributed by atoms with Gasteiger partial charge >= 0.3 is 0 Å². The molecule has 0 saturated heterocycles. The average Bonchev–Trinajstić information content (AvgIpc) is 3.07. The van der Waals surface area contributed by atoms with Gasteiger partial charge in [0, 0.05) is 25.1 Å². The summed E-state index contributed by atoms with van der Waals surface area (Å²) in [6.07, 6.45) is 2.74. The van der Waals surface area contributed by atoms with Crippen molar-refractivity contribution in [3.8, 4) is 6.07 Å². The zero-order valence-corrected chi connectivity index (χ0v) is 16.7. The number of carbonyl (C=O) groups excluding carboxylic acids is 1. The van der Waals surface area contributed by atoms with Gasteiger partial charge in [-0.25, -0.2) is 0 Å². The van der Waals surface area contributed by atoms with Gasteiger partial charge in [0.15, 0.2) is 0 Å². The molecule has 1 fully saturated rings. The van der Waals surface area contributed by atoms with Crippen LogP contribution in [-0.4, -0.2) is 27.6 Å². The lowest BCUT2D eigenvalue weighted by atomic mass is 10.1. The van der Waals surface area contributed by atoms with E-state index in [9.17, 15) is 4.79 Å². The van der Waals surface area contributed by atoms with Gasteiger partial charge in [0.25, 0.3) is 0 Å². The largest absolute Gasteiger partial charge is 0.464 e. The number of hydrogen-bond acceptors (Lipinski definition) is 4. The summed E-state index contributed by atoms with van der Waals surface area (Å²) < 4.78 is 7.77. The minimum absolute atomic E-state index is 0.0938. The number of carbonyl (C=O) groups is 1. The molecule has 6 heteroatoms. The van der Waals surface area contributed by atoms with E-state index >= 15 is 0 Å². The molecule has 1 aliphatic rings. The molecule has 1 amide bonds. The van der Waals surface area contributed by atoms with Gasteiger partial charge in [-0.3, -0.25) is 9.48 Å². The Hall–Kier alpha value is -2.55. The average molecular weight is 368 g/mol. The molecule has 1 saturated carbocycles. The summed E-state index contributed by atoms with van der Waals surface area (Å²) in [6, 6.07) is 6.17. The molecule has 1 aliphatic carbocycles. The Morgan fingerprint density at radius 3 is 2.85 bits per heavy atom. The zero-order chi connectivity index (χ0) is 19.6. The molecule has 0 radical (unpaired) electrons. The van der Waals surface area contributed by atoms with Crippen LogP contribution in [0.25, 0.3) is 0 Å². The van der Waals surface area contributed by atoms with E-state index in [-0.39, 0.29) is 5.91 Å². The fourth-order valence-electron chi connectivity index (χ4n) is 3.61. The Balaban J connectivity index is 1.53. The lowest BCUT2D eigenvalue weighted by Gasteiger charge is -2.16. The highest BCUT2D eigenvalue weighted by Crippen LogP contribution is 2.47. The molecule has 2 heterocycles. The van der Waals surface area contributed by atoms with E-state index in [4.69, 9.17) is 9.68 Å². The predicted molar refractivity (Wildman–Crippen MR) is 102 cm³/mol. The van der Waals surface area contributed by atoms with Gasteiger partial charge in [-0.1, -0.05) is 6.92 Å². The molecule has 0 spiro atoms. The first kappa shape index (κ1) is 19.2. The molecule has 144 valence electrons. The number of furan rings is 1. The molecule has 0 aromatic carbocycles. The van der Waals surface area contributed by atoms with E-state index in [0.717, 1.165) is 28.5 Å². The van der Waals surface area contributed by atoms with Crippen LogP contribution < -0.4 is 0 Å². The Bertz CT molecular complexity index is 858. The van der Waals surface area contributed by atoms with Crippen LogP contribution in [0.1, 0.15) is 60.6 Å². The summed E-state index contributed by atoms with van der Waals surface area (Å²) in [5.74, 6) is 3.26. The second-order valence-electron chi connectivity index (χ2n) is 7.65. The van der Waals surface area contributed by atoms with Crippen molar-refractivity contribution in [2.24, 2.45) is 5.92 Å². The van der Waals surface area contributed by atoms with Gasteiger partial charge in [-0.15, -0.1) is 0 Å². The lowest BCUT2D eigenvalue weighted by molar-refractivity contribution is -0.130. The van der Waals surface area contributed by atoms with E-state index < -0.39 is 0 Å². The fourth-order valence-corrected chi connectivity index (χ4v) is 3.61. The number of nitriles is 1. The van der Waals surface area contributed by atoms with Crippen molar-refractivity contribution in [2.45, 2.75) is 65.5 Å². The monoisotopic (exact) mass is 368 g/mol. The quantitative estimate of drug-likeness (QED) is 0.712. The van der Waals surface area contributed by atoms with Crippen molar-refractivity contribution >= 4 is 5.91 Å². The minimum atomic E-state index is 0.0938. The Kier molecular flexibility index (Phi) is 5.69. The van der Waals surface area contributed by atoms with Crippen molar-refractivity contribution < 1.29 is 9.21 Å². The molecule has 2 aromatic rings. The summed E-state index contributed by atoms with van der Waals surface area (Å²) in [6.45, 7) is 7.29. The summed E-state index contributed by atoms with van der Waals surface area (Å²) in [7, 11) is 1.82. The summed E-state index contributed by atoms with van der Waals surface area (Å²) in [4.78, 5) is 14.3. The number of amides is 1. The summed E-state index contributed by atoms with van der Waals surface area (Å²) in [5.41, 5.74) is 3.10. The fraction of sp³-hybridized carbons (Fsp3) is 0.571. The van der Waals surface area contributed by atoms with Crippen LogP contribution in [-0.2, 0) is 24.3 Å². The van der Waals surface area contributed by atoms with Crippen LogP contribution >= 0.6 is 0 Å². The third kappa shape index (κ3) is 4.41. The topological polar surface area (TPSA) is 75.1 Å². The number of aromatic nitrogens is 2. The van der Waals surface area contributed by atoms with Crippen LogP contribution in [0.3, 0.4) is 0 Å². The van der Waals surface area contributed by atoms with E-state index in [1.54, 1.807) is 4.90 Å². The summed E-state index contributed by atoms with van der Waals surface area (Å²) in [5, 5.41) is 13.2. The highest BCUT2D eigenvalue weighted by atomic mass is 16.3. The molecule has 0 N–H and O–H groups in total. The third-order valence-electron chi connectivity index (χ3n) is 5.53. The minimum Gasteiger partial charge on any atom is -0.464 e. The standard InChI is InChI=1S/C21H28N4O2/c1-14-12-19(14)20-8-6-17(27-20)13-24(4)21(26)9-7-18-15(2)23-25(16(18)3)11-5-10-22/h6,8,14,19H,5,7,9,11-13H2,1-4H3/t14-,19-/m0/s1. The van der Waals surface area contributed by atoms with Crippen LogP contribution in [0.2, 0.25) is 0 Å². The maximum Gasteiger partial charge on any atom is 0.223 e. The molecule has 0 bridgehead atoms. The molecule has 6 nitrogen and oxygen atoms in total. The van der Waals surface area contributed by atoms with E-state index in [2.05, 4.69) is 18.1 Å². The first-order chi connectivity index (χ1) is 12.9. The van der Waals surface area contributed by atoms with Gasteiger partial charge in [-0.05, 0) is 50.3 Å². The highest BCUT2D eigenvalue weighted by Gasteiger charge is 2.36. The second kappa shape index (κ2) is 7.99. The summed E-state index contributed by atoms with van der Waals surface area (Å²) >= 11 is 0. The Morgan fingerprint density at radius 2 is 2.19 bits per heavy atom. The van der Waals surface area contributed by atoms with Crippen LogP contribution in [0.4, 0.5) is 0 Å². The number of hydrogen-bond donors (Lipinski definition) is 0. The second-order valence-corrected chi connectivity index (χ2v) is 7.65. The number of aryl methyl sites for hydroxylation is 2. The first-order valence-corrected chi connectivity index (χ1v) is 9.63. The first-order valence-electron chi connectivity index (χ1n) is 9.63. The van der Waals surface area contributed by atoms with Gasteiger partial charge in [0.05, 0.1) is 31.3 Å². The molecule has 3 rings (SSSR count). The number of nitrogens with zero attached hydrogens (tertiary/aromatic N) is 4. The SMILES string of the molecule is Cc1nn(CCC#N)c(C)c1CCC(=O)N(C)Cc1ccc([C@H]2C[C@@H]2C)o1.